The van der Waals surface area contributed by atoms with E-state index in [2.05, 4.69) is 10.2 Å². The third-order valence-corrected chi connectivity index (χ3v) is 5.15. The fraction of sp³-hybridized carbons (Fsp3) is 0.400. The molecule has 1 aliphatic rings. The molecule has 0 amide bonds. The van der Waals surface area contributed by atoms with Gasteiger partial charge in [-0.15, -0.1) is 10.2 Å². The van der Waals surface area contributed by atoms with Crippen molar-refractivity contribution in [3.05, 3.63) is 30.1 Å². The lowest BCUT2D eigenvalue weighted by Gasteiger charge is -2.22. The molecule has 23 heavy (non-hydrogen) atoms. The lowest BCUT2D eigenvalue weighted by Crippen LogP contribution is -2.28. The SMILES string of the molecule is COC(=O)C1CCc2nnc(-c3ccc(S(C)(=O)=O)cc3)n2C1. The summed E-state index contributed by atoms with van der Waals surface area (Å²) >= 11 is 0. The number of sulfone groups is 1. The lowest BCUT2D eigenvalue weighted by atomic mass is 9.99. The van der Waals surface area contributed by atoms with E-state index in [1.165, 1.54) is 13.4 Å². The first-order valence-electron chi connectivity index (χ1n) is 7.20. The molecule has 1 atom stereocenters. The van der Waals surface area contributed by atoms with Crippen LogP contribution < -0.4 is 0 Å². The minimum Gasteiger partial charge on any atom is -0.469 e. The van der Waals surface area contributed by atoms with E-state index < -0.39 is 9.84 Å². The number of esters is 1. The van der Waals surface area contributed by atoms with Crippen LogP contribution in [0.2, 0.25) is 0 Å². The zero-order valence-electron chi connectivity index (χ0n) is 12.9. The summed E-state index contributed by atoms with van der Waals surface area (Å²) in [6.07, 6.45) is 2.52. The second-order valence-corrected chi connectivity index (χ2v) is 7.62. The largest absolute Gasteiger partial charge is 0.469 e. The van der Waals surface area contributed by atoms with Gasteiger partial charge in [-0.1, -0.05) is 0 Å². The second kappa shape index (κ2) is 5.77. The first kappa shape index (κ1) is 15.7. The number of hydrogen-bond acceptors (Lipinski definition) is 6. The van der Waals surface area contributed by atoms with E-state index in [0.717, 1.165) is 11.4 Å². The molecule has 0 radical (unpaired) electrons. The number of aryl methyl sites for hydroxylation is 1. The number of carbonyl (C=O) groups is 1. The smallest absolute Gasteiger partial charge is 0.310 e. The summed E-state index contributed by atoms with van der Waals surface area (Å²) in [6.45, 7) is 0.470. The van der Waals surface area contributed by atoms with Crippen molar-refractivity contribution in [1.82, 2.24) is 14.8 Å². The van der Waals surface area contributed by atoms with Crippen molar-refractivity contribution >= 4 is 15.8 Å². The van der Waals surface area contributed by atoms with Gasteiger partial charge in [0.1, 0.15) is 5.82 Å². The average Bonchev–Trinajstić information content (AvgIpc) is 2.96. The van der Waals surface area contributed by atoms with Crippen LogP contribution >= 0.6 is 0 Å². The molecule has 122 valence electrons. The molecule has 8 heteroatoms. The van der Waals surface area contributed by atoms with Crippen molar-refractivity contribution in [2.75, 3.05) is 13.4 Å². The molecule has 1 aromatic carbocycles. The number of fused-ring (bicyclic) bond motifs is 1. The summed E-state index contributed by atoms with van der Waals surface area (Å²) in [7, 11) is -1.85. The summed E-state index contributed by atoms with van der Waals surface area (Å²) in [5.74, 6) is 1.02. The van der Waals surface area contributed by atoms with Crippen LogP contribution in [0, 0.1) is 5.92 Å². The summed E-state index contributed by atoms with van der Waals surface area (Å²) in [6, 6.07) is 6.50. The quantitative estimate of drug-likeness (QED) is 0.780. The molecule has 1 aliphatic heterocycles. The predicted octanol–water partition coefficient (Wildman–Crippen LogP) is 1.08. The van der Waals surface area contributed by atoms with Gasteiger partial charge in [0.05, 0.1) is 17.9 Å². The minimum absolute atomic E-state index is 0.211. The molecule has 0 fully saturated rings. The number of ether oxygens (including phenoxy) is 1. The van der Waals surface area contributed by atoms with Gasteiger partial charge in [-0.25, -0.2) is 8.42 Å². The molecule has 0 saturated heterocycles. The minimum atomic E-state index is -3.23. The summed E-state index contributed by atoms with van der Waals surface area (Å²) < 4.78 is 29.8. The van der Waals surface area contributed by atoms with Crippen molar-refractivity contribution in [2.24, 2.45) is 5.92 Å². The molecule has 2 heterocycles. The Balaban J connectivity index is 1.94. The number of carbonyl (C=O) groups excluding carboxylic acids is 1. The Hall–Kier alpha value is -2.22. The number of benzene rings is 1. The van der Waals surface area contributed by atoms with Gasteiger partial charge in [0.2, 0.25) is 0 Å². The predicted molar refractivity (Wildman–Crippen MR) is 82.4 cm³/mol. The van der Waals surface area contributed by atoms with Gasteiger partial charge in [-0.05, 0) is 30.7 Å². The fourth-order valence-electron chi connectivity index (χ4n) is 2.75. The van der Waals surface area contributed by atoms with Crippen molar-refractivity contribution in [2.45, 2.75) is 24.3 Å². The van der Waals surface area contributed by atoms with E-state index in [1.54, 1.807) is 24.3 Å². The van der Waals surface area contributed by atoms with Crippen LogP contribution in [0.4, 0.5) is 0 Å². The molecule has 0 saturated carbocycles. The lowest BCUT2D eigenvalue weighted by molar-refractivity contribution is -0.146. The Kier molecular flexibility index (Phi) is 3.93. The topological polar surface area (TPSA) is 91.2 Å². The molecule has 1 aromatic heterocycles. The number of aromatic nitrogens is 3. The van der Waals surface area contributed by atoms with Crippen LogP contribution in [0.25, 0.3) is 11.4 Å². The van der Waals surface area contributed by atoms with E-state index in [4.69, 9.17) is 4.74 Å². The van der Waals surface area contributed by atoms with Gasteiger partial charge in [-0.2, -0.15) is 0 Å². The Bertz CT molecular complexity index is 840. The van der Waals surface area contributed by atoms with Crippen molar-refractivity contribution in [1.29, 1.82) is 0 Å². The molecule has 3 rings (SSSR count). The first-order chi connectivity index (χ1) is 10.9. The van der Waals surface area contributed by atoms with Gasteiger partial charge in [-0.3, -0.25) is 4.79 Å². The van der Waals surface area contributed by atoms with Crippen LogP contribution in [0.15, 0.2) is 29.2 Å². The maximum Gasteiger partial charge on any atom is 0.310 e. The van der Waals surface area contributed by atoms with Crippen LogP contribution in [0.1, 0.15) is 12.2 Å². The highest BCUT2D eigenvalue weighted by atomic mass is 32.2. The molecule has 2 aromatic rings. The monoisotopic (exact) mass is 335 g/mol. The highest BCUT2D eigenvalue weighted by molar-refractivity contribution is 7.90. The molecule has 0 bridgehead atoms. The second-order valence-electron chi connectivity index (χ2n) is 5.61. The highest BCUT2D eigenvalue weighted by Gasteiger charge is 2.28. The molecular formula is C15H17N3O4S. The van der Waals surface area contributed by atoms with E-state index in [-0.39, 0.29) is 16.8 Å². The number of methoxy groups -OCH3 is 1. The summed E-state index contributed by atoms with van der Waals surface area (Å²) in [5, 5.41) is 8.36. The van der Waals surface area contributed by atoms with E-state index >= 15 is 0 Å². The summed E-state index contributed by atoms with van der Waals surface area (Å²) in [4.78, 5) is 12.0. The number of rotatable bonds is 3. The molecule has 0 N–H and O–H groups in total. The fourth-order valence-corrected chi connectivity index (χ4v) is 3.38. The van der Waals surface area contributed by atoms with E-state index in [1.807, 2.05) is 4.57 Å². The van der Waals surface area contributed by atoms with Gasteiger partial charge in [0.25, 0.3) is 0 Å². The van der Waals surface area contributed by atoms with Crippen molar-refractivity contribution in [3.8, 4) is 11.4 Å². The Morgan fingerprint density at radius 2 is 1.96 bits per heavy atom. The average molecular weight is 335 g/mol. The van der Waals surface area contributed by atoms with E-state index in [9.17, 15) is 13.2 Å². The van der Waals surface area contributed by atoms with Gasteiger partial charge < -0.3 is 9.30 Å². The summed E-state index contributed by atoms with van der Waals surface area (Å²) in [5.41, 5.74) is 0.765. The third kappa shape index (κ3) is 2.98. The van der Waals surface area contributed by atoms with Crippen LogP contribution in [-0.4, -0.2) is 42.5 Å². The standard InChI is InChI=1S/C15H17N3O4S/c1-22-15(19)11-5-8-13-16-17-14(18(13)9-11)10-3-6-12(7-4-10)23(2,20)21/h3-4,6-7,11H,5,8-9H2,1-2H3. The molecule has 0 aliphatic carbocycles. The third-order valence-electron chi connectivity index (χ3n) is 4.02. The van der Waals surface area contributed by atoms with Gasteiger partial charge in [0.15, 0.2) is 15.7 Å². The van der Waals surface area contributed by atoms with Crippen molar-refractivity contribution in [3.63, 3.8) is 0 Å². The maximum atomic E-state index is 11.8. The Morgan fingerprint density at radius 3 is 2.57 bits per heavy atom. The zero-order chi connectivity index (χ0) is 16.6. The van der Waals surface area contributed by atoms with Gasteiger partial charge >= 0.3 is 5.97 Å². The Morgan fingerprint density at radius 1 is 1.26 bits per heavy atom. The van der Waals surface area contributed by atoms with Crippen LogP contribution in [0.5, 0.6) is 0 Å². The number of hydrogen-bond donors (Lipinski definition) is 0. The van der Waals surface area contributed by atoms with E-state index in [0.29, 0.717) is 25.2 Å². The van der Waals surface area contributed by atoms with Crippen LogP contribution in [0.3, 0.4) is 0 Å². The van der Waals surface area contributed by atoms with Crippen LogP contribution in [-0.2, 0) is 32.3 Å². The molecule has 1 unspecified atom stereocenters. The molecular weight excluding hydrogens is 318 g/mol. The first-order valence-corrected chi connectivity index (χ1v) is 9.09. The maximum absolute atomic E-state index is 11.8. The number of nitrogens with zero attached hydrogens (tertiary/aromatic N) is 3. The van der Waals surface area contributed by atoms with Crippen molar-refractivity contribution < 1.29 is 17.9 Å². The molecule has 0 spiro atoms. The van der Waals surface area contributed by atoms with Gasteiger partial charge in [0, 0.05) is 24.8 Å². The highest BCUT2D eigenvalue weighted by Crippen LogP contribution is 2.27. The normalized spacial score (nSPS) is 17.6. The Labute approximate surface area is 134 Å². The molecule has 7 nitrogen and oxygen atoms in total. The zero-order valence-corrected chi connectivity index (χ0v) is 13.7.